The largest absolute Gasteiger partial charge is 0.365 e. The summed E-state index contributed by atoms with van der Waals surface area (Å²) >= 11 is 0. The Morgan fingerprint density at radius 1 is 1.28 bits per heavy atom. The van der Waals surface area contributed by atoms with Crippen LogP contribution in [0.4, 0.5) is 21.5 Å². The number of aryl methyl sites for hydroxylation is 2. The SMILES string of the molecule is Cc1ccc(CN(C)c2cc3c(cc2[N+](=O)[O-])CCC(=O)N3)cc1F. The molecule has 6 nitrogen and oxygen atoms in total. The van der Waals surface area contributed by atoms with Gasteiger partial charge in [0.15, 0.2) is 0 Å². The van der Waals surface area contributed by atoms with Crippen molar-refractivity contribution in [3.8, 4) is 0 Å². The molecule has 1 aliphatic heterocycles. The van der Waals surface area contributed by atoms with Crippen molar-refractivity contribution in [2.75, 3.05) is 17.3 Å². The maximum absolute atomic E-state index is 13.7. The zero-order valence-electron chi connectivity index (χ0n) is 14.0. The Balaban J connectivity index is 1.96. The number of anilines is 2. The van der Waals surface area contributed by atoms with Crippen molar-refractivity contribution in [2.45, 2.75) is 26.3 Å². The molecule has 0 atom stereocenters. The van der Waals surface area contributed by atoms with Gasteiger partial charge in [-0.05, 0) is 42.2 Å². The second-order valence-electron chi connectivity index (χ2n) is 6.24. The van der Waals surface area contributed by atoms with Crippen LogP contribution in [0.1, 0.15) is 23.1 Å². The molecule has 7 heteroatoms. The normalized spacial score (nSPS) is 13.2. The lowest BCUT2D eigenvalue weighted by atomic mass is 10.0. The van der Waals surface area contributed by atoms with Crippen LogP contribution < -0.4 is 10.2 Å². The molecule has 3 rings (SSSR count). The third-order valence-electron chi connectivity index (χ3n) is 4.36. The van der Waals surface area contributed by atoms with E-state index in [4.69, 9.17) is 0 Å². The molecule has 1 N–H and O–H groups in total. The van der Waals surface area contributed by atoms with E-state index in [2.05, 4.69) is 5.32 Å². The fourth-order valence-corrected chi connectivity index (χ4v) is 2.95. The minimum atomic E-state index is -0.432. The standard InChI is InChI=1S/C18H18FN3O3/c1-11-3-4-12(7-14(11)19)10-21(2)16-9-15-13(5-6-18(23)20-15)8-17(16)22(24)25/h3-4,7-9H,5-6,10H2,1-2H3,(H,20,23). The highest BCUT2D eigenvalue weighted by Crippen LogP contribution is 2.36. The number of rotatable bonds is 4. The zero-order valence-corrected chi connectivity index (χ0v) is 14.0. The molecule has 2 aromatic carbocycles. The zero-order chi connectivity index (χ0) is 18.1. The maximum atomic E-state index is 13.7. The van der Waals surface area contributed by atoms with Crippen LogP contribution in [0.15, 0.2) is 30.3 Å². The Morgan fingerprint density at radius 2 is 2.04 bits per heavy atom. The van der Waals surface area contributed by atoms with Crippen LogP contribution in [0.5, 0.6) is 0 Å². The first-order valence-corrected chi connectivity index (χ1v) is 7.92. The number of halogens is 1. The van der Waals surface area contributed by atoms with Crippen LogP contribution in [0.3, 0.4) is 0 Å². The molecule has 1 heterocycles. The van der Waals surface area contributed by atoms with E-state index in [1.165, 1.54) is 12.1 Å². The number of fused-ring (bicyclic) bond motifs is 1. The van der Waals surface area contributed by atoms with Crippen molar-refractivity contribution in [3.05, 3.63) is 63.0 Å². The van der Waals surface area contributed by atoms with Crippen molar-refractivity contribution >= 4 is 23.0 Å². The number of amides is 1. The number of nitro benzene ring substituents is 1. The number of hydrogen-bond donors (Lipinski definition) is 1. The van der Waals surface area contributed by atoms with E-state index in [0.29, 0.717) is 41.9 Å². The lowest BCUT2D eigenvalue weighted by molar-refractivity contribution is -0.384. The summed E-state index contributed by atoms with van der Waals surface area (Å²) in [7, 11) is 1.71. The van der Waals surface area contributed by atoms with Crippen molar-refractivity contribution in [1.29, 1.82) is 0 Å². The van der Waals surface area contributed by atoms with E-state index < -0.39 is 4.92 Å². The van der Waals surface area contributed by atoms with Crippen LogP contribution >= 0.6 is 0 Å². The quantitative estimate of drug-likeness (QED) is 0.680. The number of nitrogens with zero attached hydrogens (tertiary/aromatic N) is 2. The van der Waals surface area contributed by atoms with Crippen LogP contribution in [0, 0.1) is 22.9 Å². The maximum Gasteiger partial charge on any atom is 0.292 e. The highest BCUT2D eigenvalue weighted by atomic mass is 19.1. The Morgan fingerprint density at radius 3 is 2.72 bits per heavy atom. The average molecular weight is 343 g/mol. The van der Waals surface area contributed by atoms with Gasteiger partial charge in [0.1, 0.15) is 11.5 Å². The average Bonchev–Trinajstić information content (AvgIpc) is 2.56. The molecule has 0 spiro atoms. The molecule has 0 aromatic heterocycles. The molecule has 0 unspecified atom stereocenters. The third kappa shape index (κ3) is 3.45. The van der Waals surface area contributed by atoms with Crippen molar-refractivity contribution < 1.29 is 14.1 Å². The van der Waals surface area contributed by atoms with Gasteiger partial charge in [0, 0.05) is 31.8 Å². The van der Waals surface area contributed by atoms with Crippen LogP contribution in [0.25, 0.3) is 0 Å². The van der Waals surface area contributed by atoms with E-state index in [1.54, 1.807) is 37.1 Å². The predicted molar refractivity (Wildman–Crippen MR) is 93.3 cm³/mol. The number of nitrogens with one attached hydrogen (secondary N) is 1. The van der Waals surface area contributed by atoms with E-state index in [0.717, 1.165) is 5.56 Å². The topological polar surface area (TPSA) is 75.5 Å². The van der Waals surface area contributed by atoms with Gasteiger partial charge in [0.05, 0.1) is 4.92 Å². The fraction of sp³-hybridized carbons (Fsp3) is 0.278. The third-order valence-corrected chi connectivity index (χ3v) is 4.36. The number of nitro groups is 1. The fourth-order valence-electron chi connectivity index (χ4n) is 2.95. The summed E-state index contributed by atoms with van der Waals surface area (Å²) < 4.78 is 13.7. The summed E-state index contributed by atoms with van der Waals surface area (Å²) in [6.07, 6.45) is 0.803. The minimum absolute atomic E-state index is 0.0232. The Kier molecular flexibility index (Phi) is 4.39. The number of hydrogen-bond acceptors (Lipinski definition) is 4. The lowest BCUT2D eigenvalue weighted by Crippen LogP contribution is -2.22. The lowest BCUT2D eigenvalue weighted by Gasteiger charge is -2.23. The van der Waals surface area contributed by atoms with Gasteiger partial charge in [-0.3, -0.25) is 14.9 Å². The number of carbonyl (C=O) groups is 1. The Bertz CT molecular complexity index is 867. The van der Waals surface area contributed by atoms with Gasteiger partial charge in [0.2, 0.25) is 5.91 Å². The predicted octanol–water partition coefficient (Wildman–Crippen LogP) is 3.56. The number of benzene rings is 2. The van der Waals surface area contributed by atoms with E-state index in [1.807, 2.05) is 0 Å². The van der Waals surface area contributed by atoms with Gasteiger partial charge < -0.3 is 10.2 Å². The second kappa shape index (κ2) is 6.51. The summed E-state index contributed by atoms with van der Waals surface area (Å²) in [4.78, 5) is 24.3. The molecule has 0 bridgehead atoms. The van der Waals surface area contributed by atoms with Crippen molar-refractivity contribution in [2.24, 2.45) is 0 Å². The molecule has 1 aliphatic rings. The van der Waals surface area contributed by atoms with Gasteiger partial charge in [-0.1, -0.05) is 12.1 Å². The summed E-state index contributed by atoms with van der Waals surface area (Å²) in [5.74, 6) is -0.409. The van der Waals surface area contributed by atoms with E-state index in [-0.39, 0.29) is 17.4 Å². The highest BCUT2D eigenvalue weighted by Gasteiger charge is 2.24. The molecule has 130 valence electrons. The van der Waals surface area contributed by atoms with Gasteiger partial charge >= 0.3 is 0 Å². The molecule has 25 heavy (non-hydrogen) atoms. The van der Waals surface area contributed by atoms with Crippen LogP contribution in [0.2, 0.25) is 0 Å². The van der Waals surface area contributed by atoms with Gasteiger partial charge in [-0.25, -0.2) is 4.39 Å². The molecule has 0 aliphatic carbocycles. The molecule has 0 radical (unpaired) electrons. The smallest absolute Gasteiger partial charge is 0.292 e. The highest BCUT2D eigenvalue weighted by molar-refractivity contribution is 5.95. The number of carbonyl (C=O) groups excluding carboxylic acids is 1. The van der Waals surface area contributed by atoms with Crippen LogP contribution in [-0.2, 0) is 17.8 Å². The Hall–Kier alpha value is -2.96. The molecule has 0 saturated carbocycles. The molecule has 0 fully saturated rings. The monoisotopic (exact) mass is 343 g/mol. The minimum Gasteiger partial charge on any atom is -0.365 e. The van der Waals surface area contributed by atoms with Crippen molar-refractivity contribution in [3.63, 3.8) is 0 Å². The summed E-state index contributed by atoms with van der Waals surface area (Å²) in [5, 5.41) is 14.2. The summed E-state index contributed by atoms with van der Waals surface area (Å²) in [5.41, 5.74) is 2.97. The van der Waals surface area contributed by atoms with Gasteiger partial charge in [-0.2, -0.15) is 0 Å². The first kappa shape index (κ1) is 16.9. The summed E-state index contributed by atoms with van der Waals surface area (Å²) in [6.45, 7) is 1.99. The molecular formula is C18H18FN3O3. The molecule has 2 aromatic rings. The first-order chi connectivity index (χ1) is 11.8. The molecule has 1 amide bonds. The van der Waals surface area contributed by atoms with E-state index in [9.17, 15) is 19.3 Å². The van der Waals surface area contributed by atoms with Gasteiger partial charge in [-0.15, -0.1) is 0 Å². The Labute approximate surface area is 144 Å². The summed E-state index contributed by atoms with van der Waals surface area (Å²) in [6, 6.07) is 8.03. The first-order valence-electron chi connectivity index (χ1n) is 7.92. The van der Waals surface area contributed by atoms with E-state index >= 15 is 0 Å². The molecule has 0 saturated heterocycles. The molecular weight excluding hydrogens is 325 g/mol. The second-order valence-corrected chi connectivity index (χ2v) is 6.24. The van der Waals surface area contributed by atoms with Gasteiger partial charge in [0.25, 0.3) is 5.69 Å². The van der Waals surface area contributed by atoms with Crippen molar-refractivity contribution in [1.82, 2.24) is 0 Å². The van der Waals surface area contributed by atoms with Crippen LogP contribution in [-0.4, -0.2) is 17.9 Å².